The smallest absolute Gasteiger partial charge is 0.488 e. The molecule has 0 aliphatic rings. The average molecular weight is 827 g/mol. The number of rotatable bonds is 6. The Balaban J connectivity index is 0.000000182. The van der Waals surface area contributed by atoms with Gasteiger partial charge in [-0.25, -0.2) is 19.9 Å². The summed E-state index contributed by atoms with van der Waals surface area (Å²) < 4.78 is 10.2. The predicted octanol–water partition coefficient (Wildman–Crippen LogP) is 9.77. The molecule has 8 nitrogen and oxygen atoms in total. The van der Waals surface area contributed by atoms with Crippen LogP contribution in [0.5, 0.6) is 11.5 Å². The first-order valence-electron chi connectivity index (χ1n) is 19.1. The van der Waals surface area contributed by atoms with Gasteiger partial charge in [0.1, 0.15) is 29.3 Å². The maximum absolute atomic E-state index is 9.12. The van der Waals surface area contributed by atoms with E-state index in [1.165, 1.54) is 17.5 Å². The number of nitrogens with zero attached hydrogens (tertiary/aromatic N) is 4. The van der Waals surface area contributed by atoms with Crippen molar-refractivity contribution in [1.82, 2.24) is 19.9 Å². The van der Waals surface area contributed by atoms with Crippen molar-refractivity contribution in [2.75, 3.05) is 14.2 Å². The SMILES string of the molecule is CC(C)(C)c1ccccc1-c1cc(-c2ccccc2)ncn1.CC(C)(C)c1ccccc1B(O)O.COc1cccc(OC)c1P.Clc1cc(-c2ccccc2)ncn1. The number of methoxy groups -OCH3 is 2. The predicted molar refractivity (Wildman–Crippen MR) is 248 cm³/mol. The summed E-state index contributed by atoms with van der Waals surface area (Å²) in [4.78, 5) is 16.8. The summed E-state index contributed by atoms with van der Waals surface area (Å²) in [6.07, 6.45) is 3.11. The lowest BCUT2D eigenvalue weighted by atomic mass is 9.70. The monoisotopic (exact) mass is 826 g/mol. The van der Waals surface area contributed by atoms with Crippen LogP contribution in [-0.2, 0) is 10.8 Å². The van der Waals surface area contributed by atoms with E-state index in [4.69, 9.17) is 31.1 Å². The summed E-state index contributed by atoms with van der Waals surface area (Å²) in [5.74, 6) is 1.66. The Morgan fingerprint density at radius 1 is 0.525 bits per heavy atom. The highest BCUT2D eigenvalue weighted by Gasteiger charge is 2.23. The van der Waals surface area contributed by atoms with Crippen molar-refractivity contribution in [1.29, 1.82) is 0 Å². The van der Waals surface area contributed by atoms with Crippen LogP contribution < -0.4 is 20.2 Å². The molecule has 7 aromatic rings. The summed E-state index contributed by atoms with van der Waals surface area (Å²) in [7, 11) is 4.49. The molecule has 59 heavy (non-hydrogen) atoms. The molecule has 5 aromatic carbocycles. The lowest BCUT2D eigenvalue weighted by Crippen LogP contribution is -2.36. The molecule has 0 aliphatic carbocycles. The number of ether oxygens (including phenoxy) is 2. The van der Waals surface area contributed by atoms with Gasteiger partial charge in [-0.3, -0.25) is 0 Å². The molecular formula is C48H53BClN4O4P. The molecule has 0 saturated heterocycles. The molecule has 0 fully saturated rings. The van der Waals surface area contributed by atoms with Crippen LogP contribution in [0.4, 0.5) is 0 Å². The number of halogens is 1. The molecule has 2 heterocycles. The van der Waals surface area contributed by atoms with Gasteiger partial charge in [0, 0.05) is 22.8 Å². The maximum Gasteiger partial charge on any atom is 0.488 e. The van der Waals surface area contributed by atoms with Crippen molar-refractivity contribution in [3.05, 3.63) is 168 Å². The minimum atomic E-state index is -1.38. The molecule has 1 unspecified atom stereocenters. The number of hydrogen-bond donors (Lipinski definition) is 2. The van der Waals surface area contributed by atoms with E-state index in [0.717, 1.165) is 50.6 Å². The van der Waals surface area contributed by atoms with Crippen molar-refractivity contribution < 1.29 is 19.5 Å². The highest BCUT2D eigenvalue weighted by atomic mass is 35.5. The van der Waals surface area contributed by atoms with E-state index in [1.807, 2.05) is 106 Å². The Morgan fingerprint density at radius 3 is 1.44 bits per heavy atom. The summed E-state index contributed by atoms with van der Waals surface area (Å²) >= 11 is 5.74. The number of hydrogen-bond acceptors (Lipinski definition) is 8. The molecule has 0 bridgehead atoms. The Hall–Kier alpha value is -5.44. The van der Waals surface area contributed by atoms with Gasteiger partial charge in [0.25, 0.3) is 0 Å². The van der Waals surface area contributed by atoms with Crippen molar-refractivity contribution in [2.45, 2.75) is 52.4 Å². The molecule has 0 aliphatic heterocycles. The summed E-state index contributed by atoms with van der Waals surface area (Å²) in [5, 5.41) is 19.7. The van der Waals surface area contributed by atoms with E-state index >= 15 is 0 Å². The van der Waals surface area contributed by atoms with Gasteiger partial charge in [-0.1, -0.05) is 178 Å². The molecule has 0 radical (unpaired) electrons. The third-order valence-electron chi connectivity index (χ3n) is 8.96. The van der Waals surface area contributed by atoms with E-state index in [0.29, 0.717) is 10.6 Å². The molecule has 2 N–H and O–H groups in total. The Bertz CT molecular complexity index is 2330. The molecule has 7 rings (SSSR count). The van der Waals surface area contributed by atoms with Gasteiger partial charge in [0.05, 0.1) is 36.6 Å². The van der Waals surface area contributed by atoms with E-state index in [1.54, 1.807) is 32.7 Å². The third kappa shape index (κ3) is 13.8. The Morgan fingerprint density at radius 2 is 0.966 bits per heavy atom. The summed E-state index contributed by atoms with van der Waals surface area (Å²) in [6.45, 7) is 12.8. The summed E-state index contributed by atoms with van der Waals surface area (Å²) in [5.41, 5.74) is 9.00. The van der Waals surface area contributed by atoms with E-state index in [2.05, 4.69) is 92.4 Å². The highest BCUT2D eigenvalue weighted by Crippen LogP contribution is 2.33. The van der Waals surface area contributed by atoms with Crippen molar-refractivity contribution in [2.24, 2.45) is 0 Å². The largest absolute Gasteiger partial charge is 0.496 e. The van der Waals surface area contributed by atoms with Gasteiger partial charge < -0.3 is 19.5 Å². The first-order valence-corrected chi connectivity index (χ1v) is 20.0. The second-order valence-electron chi connectivity index (χ2n) is 15.3. The highest BCUT2D eigenvalue weighted by molar-refractivity contribution is 7.28. The Kier molecular flexibility index (Phi) is 17.3. The van der Waals surface area contributed by atoms with Crippen LogP contribution in [0.3, 0.4) is 0 Å². The normalized spacial score (nSPS) is 10.7. The third-order valence-corrected chi connectivity index (χ3v) is 9.74. The first-order chi connectivity index (χ1) is 28.1. The zero-order chi connectivity index (χ0) is 43.0. The van der Waals surface area contributed by atoms with Crippen LogP contribution in [0.1, 0.15) is 52.7 Å². The first kappa shape index (κ1) is 46.3. The molecule has 11 heteroatoms. The molecule has 0 saturated carbocycles. The van der Waals surface area contributed by atoms with Crippen LogP contribution >= 0.6 is 20.8 Å². The minimum absolute atomic E-state index is 0.0553. The molecule has 304 valence electrons. The van der Waals surface area contributed by atoms with Gasteiger partial charge in [-0.2, -0.15) is 0 Å². The van der Waals surface area contributed by atoms with Gasteiger partial charge in [-0.15, -0.1) is 0 Å². The fraction of sp³-hybridized carbons (Fsp3) is 0.208. The van der Waals surface area contributed by atoms with Crippen LogP contribution in [0.25, 0.3) is 33.8 Å². The fourth-order valence-electron chi connectivity index (χ4n) is 6.02. The second-order valence-corrected chi connectivity index (χ2v) is 16.3. The lowest BCUT2D eigenvalue weighted by Gasteiger charge is -2.22. The van der Waals surface area contributed by atoms with Gasteiger partial charge >= 0.3 is 7.12 Å². The fourth-order valence-corrected chi connectivity index (χ4v) is 6.59. The van der Waals surface area contributed by atoms with Crippen LogP contribution in [-0.4, -0.2) is 51.3 Å². The van der Waals surface area contributed by atoms with Crippen LogP contribution in [0, 0.1) is 0 Å². The van der Waals surface area contributed by atoms with E-state index < -0.39 is 7.12 Å². The van der Waals surface area contributed by atoms with Crippen molar-refractivity contribution in [3.8, 4) is 45.3 Å². The summed E-state index contributed by atoms with van der Waals surface area (Å²) in [6, 6.07) is 45.4. The average Bonchev–Trinajstić information content (AvgIpc) is 3.24. The van der Waals surface area contributed by atoms with Gasteiger partial charge in [-0.05, 0) is 45.6 Å². The lowest BCUT2D eigenvalue weighted by molar-refractivity contribution is 0.401. The second kappa shape index (κ2) is 22.1. The minimum Gasteiger partial charge on any atom is -0.496 e. The quantitative estimate of drug-likeness (QED) is 0.0970. The molecule has 1 atom stereocenters. The topological polar surface area (TPSA) is 110 Å². The molecule has 2 aromatic heterocycles. The maximum atomic E-state index is 9.12. The molecule has 0 amide bonds. The van der Waals surface area contributed by atoms with Gasteiger partial charge in [0.2, 0.25) is 0 Å². The number of aromatic nitrogens is 4. The van der Waals surface area contributed by atoms with Crippen molar-refractivity contribution in [3.63, 3.8) is 0 Å². The standard InChI is InChI=1S/C20H20N2.C10H15BO2.C10H7ClN2.C8H11O2P/c1-20(2,3)17-12-8-7-11-16(17)19-13-18(21-14-22-19)15-9-5-4-6-10-15;1-10(2,3)8-6-4-5-7-9(8)11(12)13;11-10-6-9(12-7-13-10)8-4-2-1-3-5-8;1-9-6-4-3-5-7(10-2)8(6)11/h4-14H,1-3H3;4-7,12-13H,1-3H3;1-7H;3-5H,11H2,1-2H3. The number of benzene rings is 5. The molecule has 0 spiro atoms. The Labute approximate surface area is 357 Å². The molecular weight excluding hydrogens is 774 g/mol. The van der Waals surface area contributed by atoms with Crippen LogP contribution in [0.15, 0.2) is 152 Å². The zero-order valence-electron chi connectivity index (χ0n) is 35.0. The van der Waals surface area contributed by atoms with E-state index in [9.17, 15) is 0 Å². The zero-order valence-corrected chi connectivity index (χ0v) is 36.9. The van der Waals surface area contributed by atoms with Gasteiger partial charge in [0.15, 0.2) is 0 Å². The van der Waals surface area contributed by atoms with E-state index in [-0.39, 0.29) is 10.8 Å². The van der Waals surface area contributed by atoms with Crippen LogP contribution in [0.2, 0.25) is 5.15 Å². The van der Waals surface area contributed by atoms with Crippen molar-refractivity contribution >= 4 is 38.7 Å².